The number of ketones is 1. The van der Waals surface area contributed by atoms with Gasteiger partial charge in [0.1, 0.15) is 11.8 Å². The molecule has 1 heterocycles. The number of rotatable bonds is 2. The topological polar surface area (TPSA) is 38.7 Å². The third-order valence-electron chi connectivity index (χ3n) is 3.86. The highest BCUT2D eigenvalue weighted by Gasteiger charge is 2.38. The predicted octanol–water partition coefficient (Wildman–Crippen LogP) is 3.20. The standard InChI is InChI=1S/C15H17NO2/c17-15(11-7-3-1-4-8-11)14-12-9-5-2-6-10-13(12)18-16-14/h1,3-4,7-8,12-13H,2,5-6,9-10H2. The normalized spacial score (nSPS) is 26.8. The first-order chi connectivity index (χ1) is 8.86. The summed E-state index contributed by atoms with van der Waals surface area (Å²) < 4.78 is 0. The highest BCUT2D eigenvalue weighted by molar-refractivity contribution is 6.46. The largest absolute Gasteiger partial charge is 0.391 e. The van der Waals surface area contributed by atoms with E-state index in [4.69, 9.17) is 4.84 Å². The molecule has 18 heavy (non-hydrogen) atoms. The van der Waals surface area contributed by atoms with Gasteiger partial charge in [0.2, 0.25) is 5.78 Å². The first-order valence-electron chi connectivity index (χ1n) is 6.70. The lowest BCUT2D eigenvalue weighted by atomic mass is 9.88. The van der Waals surface area contributed by atoms with Crippen molar-refractivity contribution < 1.29 is 9.63 Å². The van der Waals surface area contributed by atoms with Gasteiger partial charge < -0.3 is 4.84 Å². The molecule has 0 radical (unpaired) electrons. The molecule has 2 aliphatic rings. The summed E-state index contributed by atoms with van der Waals surface area (Å²) in [5.74, 6) is 0.241. The minimum absolute atomic E-state index is 0.0324. The van der Waals surface area contributed by atoms with E-state index in [-0.39, 0.29) is 17.8 Å². The number of oxime groups is 1. The van der Waals surface area contributed by atoms with Gasteiger partial charge in [-0.3, -0.25) is 4.79 Å². The molecule has 2 atom stereocenters. The van der Waals surface area contributed by atoms with E-state index in [0.29, 0.717) is 11.3 Å². The van der Waals surface area contributed by atoms with E-state index >= 15 is 0 Å². The molecule has 3 heteroatoms. The Balaban J connectivity index is 1.82. The average Bonchev–Trinajstić information content (AvgIpc) is 2.68. The molecule has 1 aromatic carbocycles. The quantitative estimate of drug-likeness (QED) is 0.748. The molecular weight excluding hydrogens is 226 g/mol. The molecule has 0 saturated heterocycles. The van der Waals surface area contributed by atoms with Crippen LogP contribution in [0.5, 0.6) is 0 Å². The van der Waals surface area contributed by atoms with Crippen LogP contribution in [0.4, 0.5) is 0 Å². The molecule has 1 aliphatic heterocycles. The number of benzene rings is 1. The van der Waals surface area contributed by atoms with E-state index in [1.54, 1.807) is 0 Å². The Hall–Kier alpha value is -1.64. The second-order valence-corrected chi connectivity index (χ2v) is 5.06. The summed E-state index contributed by atoms with van der Waals surface area (Å²) in [7, 11) is 0. The van der Waals surface area contributed by atoms with Gasteiger partial charge in [0.15, 0.2) is 0 Å². The van der Waals surface area contributed by atoms with Crippen LogP contribution in [0.3, 0.4) is 0 Å². The summed E-state index contributed by atoms with van der Waals surface area (Å²) in [6, 6.07) is 9.37. The molecule has 3 nitrogen and oxygen atoms in total. The molecule has 1 fully saturated rings. The van der Waals surface area contributed by atoms with Crippen LogP contribution in [-0.2, 0) is 4.84 Å². The van der Waals surface area contributed by atoms with E-state index < -0.39 is 0 Å². The van der Waals surface area contributed by atoms with Crippen LogP contribution >= 0.6 is 0 Å². The molecule has 94 valence electrons. The van der Waals surface area contributed by atoms with E-state index in [1.807, 2.05) is 30.3 Å². The maximum Gasteiger partial charge on any atom is 0.211 e. The van der Waals surface area contributed by atoms with E-state index in [0.717, 1.165) is 12.8 Å². The molecule has 0 bridgehead atoms. The maximum atomic E-state index is 12.4. The van der Waals surface area contributed by atoms with Gasteiger partial charge in [-0.05, 0) is 19.3 Å². The van der Waals surface area contributed by atoms with Crippen LogP contribution in [0.15, 0.2) is 35.5 Å². The van der Waals surface area contributed by atoms with Crippen LogP contribution in [0.2, 0.25) is 0 Å². The number of carbonyl (C=O) groups excluding carboxylic acids is 1. The van der Waals surface area contributed by atoms with Crippen molar-refractivity contribution in [3.8, 4) is 0 Å². The number of hydrogen-bond donors (Lipinski definition) is 0. The van der Waals surface area contributed by atoms with Gasteiger partial charge in [-0.15, -0.1) is 0 Å². The second kappa shape index (κ2) is 4.92. The monoisotopic (exact) mass is 243 g/mol. The zero-order valence-electron chi connectivity index (χ0n) is 10.3. The summed E-state index contributed by atoms with van der Waals surface area (Å²) >= 11 is 0. The Morgan fingerprint density at radius 1 is 1.11 bits per heavy atom. The molecular formula is C15H17NO2. The van der Waals surface area contributed by atoms with Crippen molar-refractivity contribution in [2.75, 3.05) is 0 Å². The Bertz CT molecular complexity index is 467. The van der Waals surface area contributed by atoms with Gasteiger partial charge in [0.25, 0.3) is 0 Å². The molecule has 0 spiro atoms. The maximum absolute atomic E-state index is 12.4. The highest BCUT2D eigenvalue weighted by atomic mass is 16.6. The minimum Gasteiger partial charge on any atom is -0.391 e. The van der Waals surface area contributed by atoms with Crippen molar-refractivity contribution in [3.05, 3.63) is 35.9 Å². The molecule has 0 N–H and O–H groups in total. The van der Waals surface area contributed by atoms with Gasteiger partial charge in [0, 0.05) is 11.5 Å². The Labute approximate surface area is 107 Å². The first-order valence-corrected chi connectivity index (χ1v) is 6.70. The lowest BCUT2D eigenvalue weighted by molar-refractivity contribution is 0.0571. The summed E-state index contributed by atoms with van der Waals surface area (Å²) in [5, 5.41) is 4.07. The van der Waals surface area contributed by atoms with Gasteiger partial charge >= 0.3 is 0 Å². The smallest absolute Gasteiger partial charge is 0.211 e. The van der Waals surface area contributed by atoms with Crippen LogP contribution in [-0.4, -0.2) is 17.6 Å². The van der Waals surface area contributed by atoms with Gasteiger partial charge in [-0.2, -0.15) is 0 Å². The lowest BCUT2D eigenvalue weighted by Crippen LogP contribution is -2.27. The highest BCUT2D eigenvalue weighted by Crippen LogP contribution is 2.32. The van der Waals surface area contributed by atoms with E-state index in [9.17, 15) is 4.79 Å². The fourth-order valence-electron chi connectivity index (χ4n) is 2.85. The molecule has 2 unspecified atom stereocenters. The number of nitrogens with zero attached hydrogens (tertiary/aromatic N) is 1. The van der Waals surface area contributed by atoms with Crippen molar-refractivity contribution >= 4 is 11.5 Å². The molecule has 1 aliphatic carbocycles. The fourth-order valence-corrected chi connectivity index (χ4v) is 2.85. The zero-order valence-corrected chi connectivity index (χ0v) is 10.3. The van der Waals surface area contributed by atoms with Crippen molar-refractivity contribution in [2.45, 2.75) is 38.2 Å². The predicted molar refractivity (Wildman–Crippen MR) is 69.7 cm³/mol. The fraction of sp³-hybridized carbons (Fsp3) is 0.467. The number of fused-ring (bicyclic) bond motifs is 1. The van der Waals surface area contributed by atoms with Gasteiger partial charge in [0.05, 0.1) is 0 Å². The molecule has 1 aromatic rings. The molecule has 0 aromatic heterocycles. The minimum atomic E-state index is 0.0324. The summed E-state index contributed by atoms with van der Waals surface area (Å²) in [5.41, 5.74) is 1.35. The summed E-state index contributed by atoms with van der Waals surface area (Å²) in [6.45, 7) is 0. The second-order valence-electron chi connectivity index (χ2n) is 5.06. The van der Waals surface area contributed by atoms with Crippen molar-refractivity contribution in [2.24, 2.45) is 11.1 Å². The Morgan fingerprint density at radius 2 is 1.89 bits per heavy atom. The summed E-state index contributed by atoms with van der Waals surface area (Å²) in [6.07, 6.45) is 5.79. The van der Waals surface area contributed by atoms with E-state index in [1.165, 1.54) is 19.3 Å². The van der Waals surface area contributed by atoms with Gasteiger partial charge in [-0.25, -0.2) is 0 Å². The SMILES string of the molecule is O=C(C1=NOC2CCCCCC12)c1ccccc1. The van der Waals surface area contributed by atoms with Crippen LogP contribution in [0, 0.1) is 5.92 Å². The van der Waals surface area contributed by atoms with Crippen molar-refractivity contribution in [3.63, 3.8) is 0 Å². The Morgan fingerprint density at radius 3 is 2.72 bits per heavy atom. The van der Waals surface area contributed by atoms with Gasteiger partial charge in [-0.1, -0.05) is 48.3 Å². The Kier molecular flexibility index (Phi) is 3.13. The number of Topliss-reactive ketones (excluding diaryl/α,β-unsaturated/α-hetero) is 1. The lowest BCUT2D eigenvalue weighted by Gasteiger charge is -2.14. The number of carbonyl (C=O) groups is 1. The van der Waals surface area contributed by atoms with Crippen LogP contribution in [0.25, 0.3) is 0 Å². The number of hydrogen-bond acceptors (Lipinski definition) is 3. The zero-order chi connectivity index (χ0) is 12.4. The van der Waals surface area contributed by atoms with Crippen molar-refractivity contribution in [1.29, 1.82) is 0 Å². The van der Waals surface area contributed by atoms with Crippen molar-refractivity contribution in [1.82, 2.24) is 0 Å². The molecule has 1 saturated carbocycles. The van der Waals surface area contributed by atoms with Crippen LogP contribution in [0.1, 0.15) is 42.5 Å². The third-order valence-corrected chi connectivity index (χ3v) is 3.86. The molecule has 3 rings (SSSR count). The third kappa shape index (κ3) is 2.05. The van der Waals surface area contributed by atoms with Crippen LogP contribution < -0.4 is 0 Å². The average molecular weight is 243 g/mol. The molecule has 0 amide bonds. The first kappa shape index (κ1) is 11.5. The summed E-state index contributed by atoms with van der Waals surface area (Å²) in [4.78, 5) is 17.9. The van der Waals surface area contributed by atoms with E-state index in [2.05, 4.69) is 5.16 Å².